The monoisotopic (exact) mass is 424 g/mol. The third-order valence-corrected chi connectivity index (χ3v) is 4.50. The van der Waals surface area contributed by atoms with Gasteiger partial charge in [-0.1, -0.05) is 24.3 Å². The molecule has 0 saturated heterocycles. The van der Waals surface area contributed by atoms with Crippen molar-refractivity contribution in [3.8, 4) is 0 Å². The molecule has 0 aliphatic heterocycles. The first-order chi connectivity index (χ1) is 14.5. The molecule has 4 aromatic rings. The van der Waals surface area contributed by atoms with Crippen molar-refractivity contribution in [1.82, 2.24) is 19.6 Å². The highest BCUT2D eigenvalue weighted by molar-refractivity contribution is 7.80. The lowest BCUT2D eigenvalue weighted by Gasteiger charge is -2.06. The molecule has 30 heavy (non-hydrogen) atoms. The molecule has 0 amide bonds. The van der Waals surface area contributed by atoms with Crippen molar-refractivity contribution in [2.24, 2.45) is 0 Å². The number of hydrogen-bond donors (Lipinski definition) is 2. The van der Waals surface area contributed by atoms with Crippen LogP contribution < -0.4 is 10.6 Å². The summed E-state index contributed by atoms with van der Waals surface area (Å²) in [5, 5.41) is 15.1. The van der Waals surface area contributed by atoms with Crippen LogP contribution in [0, 0.1) is 11.6 Å². The highest BCUT2D eigenvalue weighted by Gasteiger charge is 2.05. The number of anilines is 2. The van der Waals surface area contributed by atoms with E-state index in [0.717, 1.165) is 22.5 Å². The maximum atomic E-state index is 13.0. The molecule has 2 heterocycles. The van der Waals surface area contributed by atoms with Crippen LogP contribution >= 0.6 is 12.2 Å². The molecule has 2 N–H and O–H groups in total. The zero-order valence-corrected chi connectivity index (χ0v) is 16.6. The van der Waals surface area contributed by atoms with E-state index in [0.29, 0.717) is 18.2 Å². The Morgan fingerprint density at radius 3 is 1.53 bits per heavy atom. The summed E-state index contributed by atoms with van der Waals surface area (Å²) in [5.74, 6) is -0.530. The normalized spacial score (nSPS) is 10.7. The highest BCUT2D eigenvalue weighted by atomic mass is 32.1. The van der Waals surface area contributed by atoms with E-state index in [1.807, 2.05) is 12.4 Å². The van der Waals surface area contributed by atoms with Gasteiger partial charge in [-0.05, 0) is 47.6 Å². The standard InChI is InChI=1S/C21H18F2N6S/c22-17-5-1-15(2-6-17)11-28-13-19(9-24-28)26-21(30)27-20-10-25-29(14-20)12-16-3-7-18(23)8-4-16/h1-10,13-14H,11-12H2,(H2,26,27,30). The maximum Gasteiger partial charge on any atom is 0.175 e. The largest absolute Gasteiger partial charge is 0.330 e. The van der Waals surface area contributed by atoms with Crippen molar-refractivity contribution in [2.45, 2.75) is 13.1 Å². The lowest BCUT2D eigenvalue weighted by molar-refractivity contribution is 0.624. The second-order valence-electron chi connectivity index (χ2n) is 6.69. The molecule has 0 bridgehead atoms. The third kappa shape index (κ3) is 5.26. The minimum Gasteiger partial charge on any atom is -0.330 e. The predicted molar refractivity (Wildman–Crippen MR) is 115 cm³/mol. The van der Waals surface area contributed by atoms with E-state index < -0.39 is 0 Å². The first-order valence-corrected chi connectivity index (χ1v) is 9.56. The zero-order valence-electron chi connectivity index (χ0n) is 15.8. The highest BCUT2D eigenvalue weighted by Crippen LogP contribution is 2.12. The number of nitrogens with one attached hydrogen (secondary N) is 2. The molecule has 2 aromatic carbocycles. The number of halogens is 2. The first-order valence-electron chi connectivity index (χ1n) is 9.15. The van der Waals surface area contributed by atoms with Crippen LogP contribution in [0.2, 0.25) is 0 Å². The molecule has 0 saturated carbocycles. The molecule has 0 spiro atoms. The van der Waals surface area contributed by atoms with E-state index in [-0.39, 0.29) is 11.6 Å². The van der Waals surface area contributed by atoms with Gasteiger partial charge in [0.1, 0.15) is 11.6 Å². The van der Waals surface area contributed by atoms with Crippen molar-refractivity contribution in [2.75, 3.05) is 10.6 Å². The third-order valence-electron chi connectivity index (χ3n) is 4.30. The SMILES string of the molecule is Fc1ccc(Cn2cc(NC(=S)Nc3cnn(Cc4ccc(F)cc4)c3)cn2)cc1. The molecule has 0 fully saturated rings. The fourth-order valence-electron chi connectivity index (χ4n) is 2.88. The van der Waals surface area contributed by atoms with Gasteiger partial charge in [-0.15, -0.1) is 0 Å². The summed E-state index contributed by atoms with van der Waals surface area (Å²) in [5.41, 5.74) is 3.35. The summed E-state index contributed by atoms with van der Waals surface area (Å²) in [6.07, 6.45) is 6.95. The van der Waals surface area contributed by atoms with Crippen molar-refractivity contribution in [1.29, 1.82) is 0 Å². The van der Waals surface area contributed by atoms with Crippen LogP contribution in [-0.4, -0.2) is 24.7 Å². The summed E-state index contributed by atoms with van der Waals surface area (Å²) in [7, 11) is 0. The second kappa shape index (κ2) is 8.83. The average molecular weight is 424 g/mol. The Bertz CT molecular complexity index is 1050. The molecule has 4 rings (SSSR count). The van der Waals surface area contributed by atoms with E-state index in [1.165, 1.54) is 24.3 Å². The van der Waals surface area contributed by atoms with Gasteiger partial charge in [-0.2, -0.15) is 10.2 Å². The van der Waals surface area contributed by atoms with Crippen molar-refractivity contribution in [3.63, 3.8) is 0 Å². The number of aromatic nitrogens is 4. The van der Waals surface area contributed by atoms with Crippen molar-refractivity contribution in [3.05, 3.63) is 96.1 Å². The van der Waals surface area contributed by atoms with Gasteiger partial charge >= 0.3 is 0 Å². The quantitative estimate of drug-likeness (QED) is 0.453. The molecule has 0 aliphatic carbocycles. The topological polar surface area (TPSA) is 59.7 Å². The lowest BCUT2D eigenvalue weighted by atomic mass is 10.2. The van der Waals surface area contributed by atoms with Gasteiger partial charge in [0.2, 0.25) is 0 Å². The maximum absolute atomic E-state index is 13.0. The van der Waals surface area contributed by atoms with Crippen molar-refractivity contribution >= 4 is 28.7 Å². The number of nitrogens with zero attached hydrogens (tertiary/aromatic N) is 4. The van der Waals surface area contributed by atoms with Gasteiger partial charge in [0, 0.05) is 12.4 Å². The van der Waals surface area contributed by atoms with Crippen LogP contribution in [0.3, 0.4) is 0 Å². The molecule has 0 unspecified atom stereocenters. The molecule has 0 radical (unpaired) electrons. The summed E-state index contributed by atoms with van der Waals surface area (Å²) >= 11 is 5.35. The van der Waals surface area contributed by atoms with E-state index >= 15 is 0 Å². The van der Waals surface area contributed by atoms with Crippen LogP contribution in [0.4, 0.5) is 20.2 Å². The summed E-state index contributed by atoms with van der Waals surface area (Å²) in [4.78, 5) is 0. The van der Waals surface area contributed by atoms with Gasteiger partial charge < -0.3 is 10.6 Å². The Morgan fingerprint density at radius 2 is 1.13 bits per heavy atom. The first kappa shape index (κ1) is 19.7. The lowest BCUT2D eigenvalue weighted by Crippen LogP contribution is -2.18. The molecule has 152 valence electrons. The van der Waals surface area contributed by atoms with Gasteiger partial charge in [0.25, 0.3) is 0 Å². The van der Waals surface area contributed by atoms with Crippen LogP contribution in [0.15, 0.2) is 73.3 Å². The summed E-state index contributed by atoms with van der Waals surface area (Å²) in [6, 6.07) is 12.6. The molecule has 9 heteroatoms. The van der Waals surface area contributed by atoms with Gasteiger partial charge in [-0.25, -0.2) is 8.78 Å². The fourth-order valence-corrected chi connectivity index (χ4v) is 3.11. The predicted octanol–water partition coefficient (Wildman–Crippen LogP) is 4.26. The smallest absolute Gasteiger partial charge is 0.175 e. The van der Waals surface area contributed by atoms with E-state index in [1.54, 1.807) is 46.0 Å². The Hall–Kier alpha value is -3.59. The van der Waals surface area contributed by atoms with E-state index in [2.05, 4.69) is 20.8 Å². The number of hydrogen-bond acceptors (Lipinski definition) is 3. The number of rotatable bonds is 6. The Kier molecular flexibility index (Phi) is 5.80. The van der Waals surface area contributed by atoms with Gasteiger partial charge in [0.15, 0.2) is 5.11 Å². The van der Waals surface area contributed by atoms with Crippen LogP contribution in [0.5, 0.6) is 0 Å². The zero-order chi connectivity index (χ0) is 20.9. The fraction of sp³-hybridized carbons (Fsp3) is 0.0952. The second-order valence-corrected chi connectivity index (χ2v) is 7.09. The molecular formula is C21H18F2N6S. The molecule has 0 aliphatic rings. The number of benzene rings is 2. The van der Waals surface area contributed by atoms with Gasteiger partial charge in [-0.3, -0.25) is 9.36 Å². The summed E-state index contributed by atoms with van der Waals surface area (Å²) < 4.78 is 29.5. The van der Waals surface area contributed by atoms with Gasteiger partial charge in [0.05, 0.1) is 36.9 Å². The van der Waals surface area contributed by atoms with Crippen molar-refractivity contribution < 1.29 is 8.78 Å². The molecule has 0 atom stereocenters. The Balaban J connectivity index is 1.30. The molecular weight excluding hydrogens is 406 g/mol. The Morgan fingerprint density at radius 1 is 0.733 bits per heavy atom. The minimum atomic E-state index is -0.265. The number of thiocarbonyl (C=S) groups is 1. The summed E-state index contributed by atoms with van der Waals surface area (Å²) in [6.45, 7) is 1.05. The molecule has 2 aromatic heterocycles. The Labute approximate surface area is 177 Å². The van der Waals surface area contributed by atoms with Crippen LogP contribution in [0.1, 0.15) is 11.1 Å². The van der Waals surface area contributed by atoms with Crippen LogP contribution in [0.25, 0.3) is 0 Å². The average Bonchev–Trinajstić information content (AvgIpc) is 3.35. The van der Waals surface area contributed by atoms with E-state index in [4.69, 9.17) is 12.2 Å². The van der Waals surface area contributed by atoms with Crippen LogP contribution in [-0.2, 0) is 13.1 Å². The molecule has 6 nitrogen and oxygen atoms in total. The minimum absolute atomic E-state index is 0.265. The van der Waals surface area contributed by atoms with E-state index in [9.17, 15) is 8.78 Å².